The van der Waals surface area contributed by atoms with Crippen molar-refractivity contribution in [2.24, 2.45) is 0 Å². The summed E-state index contributed by atoms with van der Waals surface area (Å²) in [5.74, 6) is 0. The third kappa shape index (κ3) is 5.18. The number of rotatable bonds is 5. The lowest BCUT2D eigenvalue weighted by Crippen LogP contribution is -3.00. The van der Waals surface area contributed by atoms with Gasteiger partial charge in [-0.2, -0.15) is 4.65 Å². The van der Waals surface area contributed by atoms with Gasteiger partial charge in [-0.25, -0.2) is 5.21 Å². The van der Waals surface area contributed by atoms with E-state index in [1.165, 1.54) is 0 Å². The van der Waals surface area contributed by atoms with Gasteiger partial charge in [-0.1, -0.05) is 13.2 Å². The molecule has 2 nitrogen and oxygen atoms in total. The van der Waals surface area contributed by atoms with Crippen LogP contribution in [0, 0.1) is 0 Å². The summed E-state index contributed by atoms with van der Waals surface area (Å²) >= 11 is 0. The molecule has 0 aliphatic rings. The lowest BCUT2D eigenvalue weighted by molar-refractivity contribution is -1.09. The van der Waals surface area contributed by atoms with Crippen molar-refractivity contribution in [2.75, 3.05) is 19.6 Å². The first-order valence-electron chi connectivity index (χ1n) is 3.49. The molecule has 1 N–H and O–H groups in total. The van der Waals surface area contributed by atoms with Crippen LogP contribution in [0.15, 0.2) is 25.3 Å². The van der Waals surface area contributed by atoms with Gasteiger partial charge in [0.05, 0.1) is 0 Å². The van der Waals surface area contributed by atoms with Crippen LogP contribution in [0.1, 0.15) is 6.92 Å². The lowest BCUT2D eigenvalue weighted by atomic mass is 10.4. The number of hydroxylamine groups is 3. The van der Waals surface area contributed by atoms with E-state index in [9.17, 15) is 5.21 Å². The van der Waals surface area contributed by atoms with Gasteiger partial charge in [0.2, 0.25) is 0 Å². The Hall–Kier alpha value is -0.120. The van der Waals surface area contributed by atoms with Gasteiger partial charge in [0.1, 0.15) is 19.6 Å². The Bertz CT molecular complexity index is 115. The molecule has 0 aromatic rings. The van der Waals surface area contributed by atoms with E-state index in [-0.39, 0.29) is 21.6 Å². The Morgan fingerprint density at radius 3 is 1.82 bits per heavy atom. The fraction of sp³-hybridized carbons (Fsp3) is 0.500. The SMILES string of the molecule is C=CC[N+](O)(CC)CC=C.[Br-]. The Balaban J connectivity index is 0. The molecule has 0 radical (unpaired) electrons. The van der Waals surface area contributed by atoms with E-state index >= 15 is 0 Å². The number of hydrogen-bond acceptors (Lipinski definition) is 1. The van der Waals surface area contributed by atoms with Crippen LogP contribution in [-0.4, -0.2) is 29.5 Å². The van der Waals surface area contributed by atoms with Gasteiger partial charge >= 0.3 is 0 Å². The molecule has 0 heterocycles. The molecule has 66 valence electrons. The zero-order valence-corrected chi connectivity index (χ0v) is 8.55. The zero-order valence-electron chi connectivity index (χ0n) is 6.96. The molecule has 0 aliphatic heterocycles. The minimum absolute atomic E-state index is 0. The van der Waals surface area contributed by atoms with Crippen molar-refractivity contribution >= 4 is 0 Å². The summed E-state index contributed by atoms with van der Waals surface area (Å²) < 4.78 is 0.0208. The third-order valence-corrected chi connectivity index (χ3v) is 1.53. The molecule has 0 bridgehead atoms. The van der Waals surface area contributed by atoms with E-state index < -0.39 is 0 Å². The van der Waals surface area contributed by atoms with Gasteiger partial charge in [-0.15, -0.1) is 0 Å². The predicted molar refractivity (Wildman–Crippen MR) is 42.7 cm³/mol. The highest BCUT2D eigenvalue weighted by Crippen LogP contribution is 2.00. The summed E-state index contributed by atoms with van der Waals surface area (Å²) in [5.41, 5.74) is 0. The topological polar surface area (TPSA) is 20.2 Å². The van der Waals surface area contributed by atoms with Crippen molar-refractivity contribution in [3.8, 4) is 0 Å². The molecule has 0 spiro atoms. The first-order valence-corrected chi connectivity index (χ1v) is 3.49. The van der Waals surface area contributed by atoms with Crippen LogP contribution in [0.5, 0.6) is 0 Å². The minimum atomic E-state index is 0. The van der Waals surface area contributed by atoms with Crippen LogP contribution in [0.25, 0.3) is 0 Å². The molecule has 11 heavy (non-hydrogen) atoms. The second-order valence-electron chi connectivity index (χ2n) is 2.35. The van der Waals surface area contributed by atoms with Crippen LogP contribution in [-0.2, 0) is 0 Å². The summed E-state index contributed by atoms with van der Waals surface area (Å²) in [4.78, 5) is 0. The first kappa shape index (κ1) is 13.5. The summed E-state index contributed by atoms with van der Waals surface area (Å²) in [6.45, 7) is 10.9. The van der Waals surface area contributed by atoms with E-state index in [0.29, 0.717) is 19.6 Å². The number of nitrogens with zero attached hydrogens (tertiary/aromatic N) is 1. The van der Waals surface area contributed by atoms with E-state index in [1.54, 1.807) is 12.2 Å². The number of quaternary nitrogens is 1. The monoisotopic (exact) mass is 221 g/mol. The van der Waals surface area contributed by atoms with Gasteiger partial charge in [0.25, 0.3) is 0 Å². The lowest BCUT2D eigenvalue weighted by Gasteiger charge is -2.25. The fourth-order valence-corrected chi connectivity index (χ4v) is 0.813. The normalized spacial score (nSPS) is 10.0. The minimum Gasteiger partial charge on any atom is -1.00 e. The Kier molecular flexibility index (Phi) is 8.06. The average Bonchev–Trinajstić information content (AvgIpc) is 1.89. The smallest absolute Gasteiger partial charge is 0.127 e. The maximum absolute atomic E-state index is 9.62. The predicted octanol–water partition coefficient (Wildman–Crippen LogP) is -1.41. The van der Waals surface area contributed by atoms with Crippen molar-refractivity contribution in [2.45, 2.75) is 6.92 Å². The molecular weight excluding hydrogens is 206 g/mol. The van der Waals surface area contributed by atoms with Crippen molar-refractivity contribution in [3.63, 3.8) is 0 Å². The van der Waals surface area contributed by atoms with Gasteiger partial charge in [-0.3, -0.25) is 0 Å². The highest BCUT2D eigenvalue weighted by molar-refractivity contribution is 4.69. The quantitative estimate of drug-likeness (QED) is 0.344. The molecule has 0 atom stereocenters. The first-order chi connectivity index (χ1) is 4.68. The van der Waals surface area contributed by atoms with Gasteiger partial charge in [0.15, 0.2) is 0 Å². The molecule has 0 amide bonds. The highest BCUT2D eigenvalue weighted by atomic mass is 79.9. The van der Waals surface area contributed by atoms with Crippen LogP contribution in [0.2, 0.25) is 0 Å². The molecule has 0 saturated heterocycles. The summed E-state index contributed by atoms with van der Waals surface area (Å²) in [5, 5.41) is 9.62. The summed E-state index contributed by atoms with van der Waals surface area (Å²) in [6.07, 6.45) is 3.43. The Morgan fingerprint density at radius 1 is 1.27 bits per heavy atom. The van der Waals surface area contributed by atoms with E-state index in [4.69, 9.17) is 0 Å². The summed E-state index contributed by atoms with van der Waals surface area (Å²) in [7, 11) is 0. The average molecular weight is 222 g/mol. The maximum Gasteiger partial charge on any atom is 0.127 e. The molecule has 0 rings (SSSR count). The van der Waals surface area contributed by atoms with E-state index in [1.807, 2.05) is 6.92 Å². The highest BCUT2D eigenvalue weighted by Gasteiger charge is 2.17. The third-order valence-electron chi connectivity index (χ3n) is 1.53. The van der Waals surface area contributed by atoms with Crippen LogP contribution < -0.4 is 17.0 Å². The molecular formula is C8H16BrNO. The van der Waals surface area contributed by atoms with E-state index in [0.717, 1.165) is 0 Å². The van der Waals surface area contributed by atoms with Crippen molar-refractivity contribution in [1.82, 2.24) is 0 Å². The maximum atomic E-state index is 9.62. The number of likely N-dealkylation sites (N-methyl/N-ethyl adjacent to an activating group) is 1. The summed E-state index contributed by atoms with van der Waals surface area (Å²) in [6, 6.07) is 0. The fourth-order valence-electron chi connectivity index (χ4n) is 0.813. The van der Waals surface area contributed by atoms with Crippen LogP contribution >= 0.6 is 0 Å². The van der Waals surface area contributed by atoms with Crippen LogP contribution in [0.3, 0.4) is 0 Å². The number of hydrogen-bond donors (Lipinski definition) is 1. The molecule has 0 unspecified atom stereocenters. The second kappa shape index (κ2) is 6.58. The second-order valence-corrected chi connectivity index (χ2v) is 2.35. The zero-order chi connectivity index (χ0) is 8.04. The Labute approximate surface area is 79.1 Å². The molecule has 0 aromatic carbocycles. The standard InChI is InChI=1S/C8H16NO.BrH/c1-4-7-9(10,6-3)8-5-2;/h4-5,10H,1-2,6-8H2,3H3;1H/q+1;/p-1. The van der Waals surface area contributed by atoms with E-state index in [2.05, 4.69) is 13.2 Å². The Morgan fingerprint density at radius 2 is 1.64 bits per heavy atom. The largest absolute Gasteiger partial charge is 1.00 e. The van der Waals surface area contributed by atoms with Gasteiger partial charge in [0, 0.05) is 0 Å². The van der Waals surface area contributed by atoms with Crippen molar-refractivity contribution in [3.05, 3.63) is 25.3 Å². The molecule has 0 fully saturated rings. The molecule has 3 heteroatoms. The molecule has 0 saturated carbocycles. The van der Waals surface area contributed by atoms with Crippen LogP contribution in [0.4, 0.5) is 0 Å². The molecule has 0 aromatic heterocycles. The number of halogens is 1. The van der Waals surface area contributed by atoms with Gasteiger partial charge < -0.3 is 17.0 Å². The van der Waals surface area contributed by atoms with Crippen molar-refractivity contribution < 1.29 is 26.8 Å². The van der Waals surface area contributed by atoms with Crippen molar-refractivity contribution in [1.29, 1.82) is 0 Å². The molecule has 0 aliphatic carbocycles. The van der Waals surface area contributed by atoms with Gasteiger partial charge in [-0.05, 0) is 19.1 Å².